The molecule has 6 nitrogen and oxygen atoms in total. The van der Waals surface area contributed by atoms with Crippen LogP contribution in [0.1, 0.15) is 10.4 Å². The summed E-state index contributed by atoms with van der Waals surface area (Å²) >= 11 is 0.723. The van der Waals surface area contributed by atoms with Crippen molar-refractivity contribution in [3.63, 3.8) is 0 Å². The molecule has 0 aliphatic rings. The molecule has 0 radical (unpaired) electrons. The predicted octanol–water partition coefficient (Wildman–Crippen LogP) is 1.22. The van der Waals surface area contributed by atoms with Crippen LogP contribution < -0.4 is 11.1 Å². The van der Waals surface area contributed by atoms with Crippen molar-refractivity contribution in [3.8, 4) is 0 Å². The van der Waals surface area contributed by atoms with Crippen molar-refractivity contribution in [1.82, 2.24) is 0 Å². The van der Waals surface area contributed by atoms with E-state index in [-0.39, 0.29) is 11.7 Å². The molecule has 0 heterocycles. The van der Waals surface area contributed by atoms with E-state index in [4.69, 9.17) is 5.73 Å². The first-order valence-corrected chi connectivity index (χ1v) is 5.92. The Balaban J connectivity index is 2.55. The van der Waals surface area contributed by atoms with E-state index in [0.29, 0.717) is 11.3 Å². The second kappa shape index (κ2) is 6.65. The first-order chi connectivity index (χ1) is 8.52. The number of amides is 2. The summed E-state index contributed by atoms with van der Waals surface area (Å²) in [5, 5.41) is 1.96. The van der Waals surface area contributed by atoms with Gasteiger partial charge < -0.3 is 15.8 Å². The van der Waals surface area contributed by atoms with Gasteiger partial charge in [-0.1, -0.05) is 11.8 Å². The van der Waals surface area contributed by atoms with E-state index < -0.39 is 11.2 Å². The average Bonchev–Trinajstić information content (AvgIpc) is 2.36. The van der Waals surface area contributed by atoms with Gasteiger partial charge in [0.25, 0.3) is 5.24 Å². The van der Waals surface area contributed by atoms with Gasteiger partial charge in [0.15, 0.2) is 0 Å². The molecule has 7 heteroatoms. The van der Waals surface area contributed by atoms with E-state index in [9.17, 15) is 14.4 Å². The van der Waals surface area contributed by atoms with Crippen molar-refractivity contribution in [2.24, 2.45) is 5.73 Å². The largest absolute Gasteiger partial charge is 0.465 e. The number of esters is 1. The quantitative estimate of drug-likeness (QED) is 0.800. The summed E-state index contributed by atoms with van der Waals surface area (Å²) < 4.78 is 4.54. The van der Waals surface area contributed by atoms with Gasteiger partial charge in [0, 0.05) is 5.69 Å². The van der Waals surface area contributed by atoms with E-state index in [1.54, 1.807) is 12.1 Å². The van der Waals surface area contributed by atoms with Gasteiger partial charge in [-0.3, -0.25) is 9.59 Å². The molecule has 96 valence electrons. The normalized spacial score (nSPS) is 9.61. The van der Waals surface area contributed by atoms with Crippen molar-refractivity contribution in [2.75, 3.05) is 18.2 Å². The van der Waals surface area contributed by atoms with Gasteiger partial charge in [-0.2, -0.15) is 0 Å². The lowest BCUT2D eigenvalue weighted by atomic mass is 10.2. The number of ether oxygens (including phenoxy) is 1. The van der Waals surface area contributed by atoms with Crippen LogP contribution in [-0.4, -0.2) is 30.0 Å². The maximum absolute atomic E-state index is 11.4. The number of carbonyl (C=O) groups is 3. The molecule has 0 spiro atoms. The van der Waals surface area contributed by atoms with Gasteiger partial charge in [-0.05, 0) is 24.3 Å². The highest BCUT2D eigenvalue weighted by atomic mass is 32.2. The number of methoxy groups -OCH3 is 1. The summed E-state index contributed by atoms with van der Waals surface area (Å²) in [6.45, 7) is 0. The van der Waals surface area contributed by atoms with Crippen molar-refractivity contribution < 1.29 is 19.1 Å². The number of thioether (sulfide) groups is 1. The number of carbonyl (C=O) groups excluding carboxylic acids is 3. The molecule has 0 saturated carbocycles. The molecular formula is C11H12N2O4S. The Labute approximate surface area is 108 Å². The monoisotopic (exact) mass is 268 g/mol. The molecule has 0 atom stereocenters. The van der Waals surface area contributed by atoms with Crippen LogP contribution in [0, 0.1) is 0 Å². The van der Waals surface area contributed by atoms with Crippen LogP contribution in [0.25, 0.3) is 0 Å². The van der Waals surface area contributed by atoms with Gasteiger partial charge >= 0.3 is 5.97 Å². The smallest absolute Gasteiger partial charge is 0.337 e. The van der Waals surface area contributed by atoms with E-state index in [2.05, 4.69) is 10.1 Å². The number of anilines is 1. The number of primary amides is 1. The van der Waals surface area contributed by atoms with Crippen LogP contribution in [0.5, 0.6) is 0 Å². The van der Waals surface area contributed by atoms with E-state index in [1.165, 1.54) is 19.2 Å². The van der Waals surface area contributed by atoms with Crippen LogP contribution in [0.3, 0.4) is 0 Å². The fraction of sp³-hybridized carbons (Fsp3) is 0.182. The Bertz CT molecular complexity index is 459. The van der Waals surface area contributed by atoms with E-state index in [1.807, 2.05) is 0 Å². The number of rotatable bonds is 4. The van der Waals surface area contributed by atoms with Crippen molar-refractivity contribution in [1.29, 1.82) is 0 Å². The standard InChI is InChI=1S/C11H12N2O4S/c1-17-10(15)7-2-4-8(5-3-7)13-9(14)6-18-11(12)16/h2-5H,6H2,1H3,(H2,12,16)(H,13,14). The summed E-state index contributed by atoms with van der Waals surface area (Å²) in [4.78, 5) is 33.0. The Hall–Kier alpha value is -2.02. The molecule has 0 aliphatic heterocycles. The Kier molecular flexibility index (Phi) is 5.19. The molecule has 3 N–H and O–H groups in total. The zero-order valence-corrected chi connectivity index (χ0v) is 10.5. The lowest BCUT2D eigenvalue weighted by Gasteiger charge is -2.05. The molecule has 0 fully saturated rings. The molecule has 0 unspecified atom stereocenters. The van der Waals surface area contributed by atoms with E-state index >= 15 is 0 Å². The SMILES string of the molecule is COC(=O)c1ccc(NC(=O)CSC(N)=O)cc1. The summed E-state index contributed by atoms with van der Waals surface area (Å²) in [6.07, 6.45) is 0. The molecular weight excluding hydrogens is 256 g/mol. The first-order valence-electron chi connectivity index (χ1n) is 4.93. The molecule has 1 rings (SSSR count). The molecule has 1 aromatic rings. The number of hydrogen-bond acceptors (Lipinski definition) is 5. The third-order valence-corrected chi connectivity index (χ3v) is 2.63. The second-order valence-corrected chi connectivity index (χ2v) is 4.20. The second-order valence-electron chi connectivity index (χ2n) is 3.22. The lowest BCUT2D eigenvalue weighted by molar-refractivity contribution is -0.113. The van der Waals surface area contributed by atoms with Crippen LogP contribution >= 0.6 is 11.8 Å². The molecule has 0 bridgehead atoms. The zero-order chi connectivity index (χ0) is 13.5. The third kappa shape index (κ3) is 4.46. The van der Waals surface area contributed by atoms with Crippen LogP contribution in [0.2, 0.25) is 0 Å². The summed E-state index contributed by atoms with van der Waals surface area (Å²) in [5.74, 6) is -0.838. The average molecular weight is 268 g/mol. The van der Waals surface area contributed by atoms with Gasteiger partial charge in [0.05, 0.1) is 18.4 Å². The van der Waals surface area contributed by atoms with Crippen molar-refractivity contribution >= 4 is 34.6 Å². The van der Waals surface area contributed by atoms with Crippen LogP contribution in [0.15, 0.2) is 24.3 Å². The Morgan fingerprint density at radius 1 is 1.28 bits per heavy atom. The fourth-order valence-electron chi connectivity index (χ4n) is 1.14. The Morgan fingerprint density at radius 3 is 2.39 bits per heavy atom. The first kappa shape index (κ1) is 14.0. The number of benzene rings is 1. The predicted molar refractivity (Wildman–Crippen MR) is 68.5 cm³/mol. The van der Waals surface area contributed by atoms with Gasteiger partial charge in [-0.25, -0.2) is 4.79 Å². The highest BCUT2D eigenvalue weighted by Crippen LogP contribution is 2.11. The van der Waals surface area contributed by atoms with Gasteiger partial charge in [-0.15, -0.1) is 0 Å². The summed E-state index contributed by atoms with van der Waals surface area (Å²) in [5.41, 5.74) is 5.81. The van der Waals surface area contributed by atoms with Crippen molar-refractivity contribution in [3.05, 3.63) is 29.8 Å². The highest BCUT2D eigenvalue weighted by molar-refractivity contribution is 8.14. The minimum atomic E-state index is -0.605. The maximum atomic E-state index is 11.4. The molecule has 0 aliphatic carbocycles. The molecule has 1 aromatic carbocycles. The number of hydrogen-bond donors (Lipinski definition) is 2. The maximum Gasteiger partial charge on any atom is 0.337 e. The molecule has 0 saturated heterocycles. The summed E-state index contributed by atoms with van der Waals surface area (Å²) in [6, 6.07) is 6.20. The van der Waals surface area contributed by atoms with Crippen LogP contribution in [0.4, 0.5) is 10.5 Å². The molecule has 2 amide bonds. The van der Waals surface area contributed by atoms with Gasteiger partial charge in [0.1, 0.15) is 0 Å². The topological polar surface area (TPSA) is 98.5 Å². The molecule has 18 heavy (non-hydrogen) atoms. The number of nitrogens with two attached hydrogens (primary N) is 1. The zero-order valence-electron chi connectivity index (χ0n) is 9.64. The fourth-order valence-corrected chi connectivity index (χ4v) is 1.49. The van der Waals surface area contributed by atoms with E-state index in [0.717, 1.165) is 11.8 Å². The minimum Gasteiger partial charge on any atom is -0.465 e. The van der Waals surface area contributed by atoms with Crippen molar-refractivity contribution in [2.45, 2.75) is 0 Å². The molecule has 0 aromatic heterocycles. The minimum absolute atomic E-state index is 0.0475. The lowest BCUT2D eigenvalue weighted by Crippen LogP contribution is -2.17. The van der Waals surface area contributed by atoms with Gasteiger partial charge in [0.2, 0.25) is 5.91 Å². The van der Waals surface area contributed by atoms with Crippen LogP contribution in [-0.2, 0) is 9.53 Å². The Morgan fingerprint density at radius 2 is 1.89 bits per heavy atom. The summed E-state index contributed by atoms with van der Waals surface area (Å²) in [7, 11) is 1.29. The third-order valence-electron chi connectivity index (χ3n) is 1.94. The highest BCUT2D eigenvalue weighted by Gasteiger charge is 2.07. The number of nitrogens with one attached hydrogen (secondary N) is 1.